The summed E-state index contributed by atoms with van der Waals surface area (Å²) in [6.45, 7) is 1.72. The first-order valence-corrected chi connectivity index (χ1v) is 8.65. The zero-order valence-electron chi connectivity index (χ0n) is 12.1. The third kappa shape index (κ3) is 2.83. The molecule has 0 aliphatic heterocycles. The number of H-pyrrole nitrogens is 1. The minimum absolute atomic E-state index is 0.0587. The van der Waals surface area contributed by atoms with E-state index in [0.29, 0.717) is 16.6 Å². The van der Waals surface area contributed by atoms with Gasteiger partial charge in [-0.1, -0.05) is 41.9 Å². The normalized spacial score (nSPS) is 11.6. The lowest BCUT2D eigenvalue weighted by Gasteiger charge is -2.08. The molecule has 0 unspecified atom stereocenters. The average Bonchev–Trinajstić information content (AvgIpc) is 2.82. The predicted molar refractivity (Wildman–Crippen MR) is 89.1 cm³/mol. The number of aromatic nitrogens is 1. The summed E-state index contributed by atoms with van der Waals surface area (Å²) in [4.78, 5) is 15.4. The molecule has 0 bridgehead atoms. The van der Waals surface area contributed by atoms with Crippen molar-refractivity contribution in [2.24, 2.45) is 0 Å². The number of hydrogen-bond donors (Lipinski definition) is 2. The molecular weight excluding hydrogens is 336 g/mol. The number of benzene rings is 2. The maximum atomic E-state index is 12.5. The maximum Gasteiger partial charge on any atom is 0.267 e. The Morgan fingerprint density at radius 3 is 2.48 bits per heavy atom. The van der Waals surface area contributed by atoms with Gasteiger partial charge in [-0.3, -0.25) is 4.79 Å². The molecule has 1 aromatic heterocycles. The minimum Gasteiger partial charge on any atom is -0.358 e. The molecule has 7 heteroatoms. The van der Waals surface area contributed by atoms with E-state index < -0.39 is 15.9 Å². The van der Waals surface area contributed by atoms with Gasteiger partial charge >= 0.3 is 0 Å². The lowest BCUT2D eigenvalue weighted by Crippen LogP contribution is -2.31. The Bertz CT molecular complexity index is 1010. The first-order chi connectivity index (χ1) is 10.9. The van der Waals surface area contributed by atoms with E-state index in [-0.39, 0.29) is 9.92 Å². The molecule has 1 amide bonds. The second-order valence-electron chi connectivity index (χ2n) is 5.04. The minimum atomic E-state index is -4.05. The van der Waals surface area contributed by atoms with Crippen LogP contribution in [0.3, 0.4) is 0 Å². The number of carbonyl (C=O) groups excluding carboxylic acids is 1. The topological polar surface area (TPSA) is 79.0 Å². The number of halogens is 1. The lowest BCUT2D eigenvalue weighted by molar-refractivity contribution is 0.0982. The van der Waals surface area contributed by atoms with Crippen molar-refractivity contribution in [3.63, 3.8) is 0 Å². The second kappa shape index (κ2) is 5.72. The van der Waals surface area contributed by atoms with Crippen molar-refractivity contribution in [3.8, 4) is 0 Å². The number of aromatic amines is 1. The number of aryl methyl sites for hydroxylation is 1. The van der Waals surface area contributed by atoms with Crippen molar-refractivity contribution >= 4 is 38.4 Å². The van der Waals surface area contributed by atoms with Gasteiger partial charge in [-0.15, -0.1) is 0 Å². The summed E-state index contributed by atoms with van der Waals surface area (Å²) in [6, 6.07) is 13.2. The van der Waals surface area contributed by atoms with Crippen molar-refractivity contribution < 1.29 is 13.2 Å². The number of para-hydroxylation sites is 1. The van der Waals surface area contributed by atoms with Crippen LogP contribution in [0.15, 0.2) is 53.4 Å². The van der Waals surface area contributed by atoms with E-state index in [1.165, 1.54) is 12.1 Å². The van der Waals surface area contributed by atoms with Crippen LogP contribution in [0.4, 0.5) is 0 Å². The molecule has 5 nitrogen and oxygen atoms in total. The van der Waals surface area contributed by atoms with E-state index in [2.05, 4.69) is 9.71 Å². The van der Waals surface area contributed by atoms with Crippen LogP contribution in [-0.2, 0) is 10.0 Å². The van der Waals surface area contributed by atoms with Crippen molar-refractivity contribution in [2.75, 3.05) is 0 Å². The molecule has 3 aromatic rings. The van der Waals surface area contributed by atoms with E-state index in [4.69, 9.17) is 11.6 Å². The van der Waals surface area contributed by atoms with Gasteiger partial charge in [0, 0.05) is 16.6 Å². The van der Waals surface area contributed by atoms with Crippen molar-refractivity contribution in [3.05, 3.63) is 64.8 Å². The van der Waals surface area contributed by atoms with Crippen LogP contribution < -0.4 is 4.72 Å². The van der Waals surface area contributed by atoms with Gasteiger partial charge in [-0.25, -0.2) is 13.1 Å². The van der Waals surface area contributed by atoms with Crippen LogP contribution >= 0.6 is 11.6 Å². The largest absolute Gasteiger partial charge is 0.358 e. The fourth-order valence-corrected chi connectivity index (χ4v) is 3.94. The third-order valence-electron chi connectivity index (χ3n) is 3.47. The van der Waals surface area contributed by atoms with E-state index in [1.54, 1.807) is 31.2 Å². The monoisotopic (exact) mass is 348 g/mol. The van der Waals surface area contributed by atoms with E-state index in [0.717, 1.165) is 5.52 Å². The fourth-order valence-electron chi connectivity index (χ4n) is 2.46. The highest BCUT2D eigenvalue weighted by Crippen LogP contribution is 2.24. The quantitative estimate of drug-likeness (QED) is 0.762. The van der Waals surface area contributed by atoms with Gasteiger partial charge in [0.15, 0.2) is 0 Å². The third-order valence-corrected chi connectivity index (χ3v) is 5.30. The summed E-state index contributed by atoms with van der Waals surface area (Å²) in [7, 11) is -4.05. The summed E-state index contributed by atoms with van der Waals surface area (Å²) in [6.07, 6.45) is 0. The molecule has 0 atom stereocenters. The molecule has 0 saturated heterocycles. The van der Waals surface area contributed by atoms with Gasteiger partial charge < -0.3 is 4.98 Å². The van der Waals surface area contributed by atoms with E-state index in [9.17, 15) is 13.2 Å². The molecule has 2 aromatic carbocycles. The molecule has 0 radical (unpaired) electrons. The zero-order chi connectivity index (χ0) is 16.6. The van der Waals surface area contributed by atoms with Gasteiger partial charge in [-0.2, -0.15) is 0 Å². The highest BCUT2D eigenvalue weighted by Gasteiger charge is 2.24. The fraction of sp³-hybridized carbons (Fsp3) is 0.0625. The Morgan fingerprint density at radius 1 is 1.09 bits per heavy atom. The van der Waals surface area contributed by atoms with Crippen LogP contribution in [0.5, 0.6) is 0 Å². The van der Waals surface area contributed by atoms with Gasteiger partial charge in [0.25, 0.3) is 15.9 Å². The van der Waals surface area contributed by atoms with E-state index >= 15 is 0 Å². The van der Waals surface area contributed by atoms with Gasteiger partial charge in [0.1, 0.15) is 4.90 Å². The molecule has 2 N–H and O–H groups in total. The molecule has 118 valence electrons. The number of rotatable bonds is 3. The van der Waals surface area contributed by atoms with Crippen LogP contribution in [0.25, 0.3) is 10.9 Å². The summed E-state index contributed by atoms with van der Waals surface area (Å²) in [5, 5.41) is 0.723. The maximum absolute atomic E-state index is 12.5. The van der Waals surface area contributed by atoms with Crippen LogP contribution in [0.2, 0.25) is 5.02 Å². The molecule has 0 aliphatic rings. The SMILES string of the molecule is Cc1[nH]c2ccccc2c1C(=O)NS(=O)(=O)c1ccccc1Cl. The van der Waals surface area contributed by atoms with Gasteiger partial charge in [0.05, 0.1) is 10.6 Å². The average molecular weight is 349 g/mol. The standard InChI is InChI=1S/C16H13ClN2O3S/c1-10-15(11-6-2-4-8-13(11)18-10)16(20)19-23(21,22)14-9-5-3-7-12(14)17/h2-9,18H,1H3,(H,19,20). The number of hydrogen-bond acceptors (Lipinski definition) is 3. The van der Waals surface area contributed by atoms with Crippen molar-refractivity contribution in [1.29, 1.82) is 0 Å². The number of fused-ring (bicyclic) bond motifs is 1. The number of carbonyl (C=O) groups is 1. The van der Waals surface area contributed by atoms with Crippen LogP contribution in [0.1, 0.15) is 16.1 Å². The molecule has 1 heterocycles. The van der Waals surface area contributed by atoms with Crippen molar-refractivity contribution in [1.82, 2.24) is 9.71 Å². The number of amides is 1. The number of nitrogens with one attached hydrogen (secondary N) is 2. The molecule has 3 rings (SSSR count). The first kappa shape index (κ1) is 15.6. The second-order valence-corrected chi connectivity index (χ2v) is 7.09. The summed E-state index contributed by atoms with van der Waals surface area (Å²) in [5.41, 5.74) is 1.67. The Morgan fingerprint density at radius 2 is 1.74 bits per heavy atom. The van der Waals surface area contributed by atoms with Crippen LogP contribution in [-0.4, -0.2) is 19.3 Å². The zero-order valence-corrected chi connectivity index (χ0v) is 13.7. The molecule has 23 heavy (non-hydrogen) atoms. The Balaban J connectivity index is 2.01. The van der Waals surface area contributed by atoms with Crippen molar-refractivity contribution in [2.45, 2.75) is 11.8 Å². The van der Waals surface area contributed by atoms with Gasteiger partial charge in [0.2, 0.25) is 0 Å². The molecular formula is C16H13ClN2O3S. The molecule has 0 spiro atoms. The van der Waals surface area contributed by atoms with E-state index in [1.807, 2.05) is 12.1 Å². The smallest absolute Gasteiger partial charge is 0.267 e. The molecule has 0 aliphatic carbocycles. The summed E-state index contributed by atoms with van der Waals surface area (Å²) in [5.74, 6) is -0.695. The Hall–Kier alpha value is -2.31. The lowest BCUT2D eigenvalue weighted by atomic mass is 10.1. The molecule has 0 saturated carbocycles. The van der Waals surface area contributed by atoms with Crippen LogP contribution in [0, 0.1) is 6.92 Å². The van der Waals surface area contributed by atoms with Gasteiger partial charge in [-0.05, 0) is 25.1 Å². The molecule has 0 fully saturated rings. The predicted octanol–water partition coefficient (Wildman–Crippen LogP) is 3.25. The highest BCUT2D eigenvalue weighted by molar-refractivity contribution is 7.90. The Labute approximate surface area is 138 Å². The number of sulfonamides is 1. The summed E-state index contributed by atoms with van der Waals surface area (Å²) >= 11 is 5.91. The first-order valence-electron chi connectivity index (χ1n) is 6.79. The summed E-state index contributed by atoms with van der Waals surface area (Å²) < 4.78 is 26.8. The Kier molecular flexibility index (Phi) is 3.87. The highest BCUT2D eigenvalue weighted by atomic mass is 35.5.